The van der Waals surface area contributed by atoms with E-state index >= 15 is 0 Å². The molecule has 20 heavy (non-hydrogen) atoms. The fraction of sp³-hybridized carbons (Fsp3) is 0.714. The van der Waals surface area contributed by atoms with Crippen LogP contribution in [-0.4, -0.2) is 33.8 Å². The van der Waals surface area contributed by atoms with Gasteiger partial charge in [-0.2, -0.15) is 4.98 Å². The maximum Gasteiger partial charge on any atom is 0.242 e. The molecule has 1 heterocycles. The number of aliphatic hydroxyl groups is 1. The highest BCUT2D eigenvalue weighted by atomic mass is 16.5. The highest BCUT2D eigenvalue weighted by molar-refractivity contribution is 5.66. The molecule has 1 aromatic rings. The van der Waals surface area contributed by atoms with Gasteiger partial charge in [0, 0.05) is 6.54 Å². The predicted molar refractivity (Wildman–Crippen MR) is 78.8 cm³/mol. The molecule has 0 aromatic carbocycles. The molecule has 1 saturated carbocycles. The Balaban J connectivity index is 1.98. The number of anilines is 2. The van der Waals surface area contributed by atoms with E-state index in [-0.39, 0.29) is 0 Å². The first kappa shape index (κ1) is 14.8. The van der Waals surface area contributed by atoms with E-state index in [1.165, 1.54) is 12.7 Å². The van der Waals surface area contributed by atoms with Crippen LogP contribution in [0.15, 0.2) is 6.33 Å². The molecule has 2 rings (SSSR count). The number of nitrogen functional groups attached to an aromatic ring is 1. The standard InChI is InChI=1S/C14H24N4O2/c1-2-8-20-13-11(15)12(17-10-18-13)16-9-14(19)6-4-3-5-7-14/h10,19H,2-9,15H2,1H3,(H,16,17,18). The lowest BCUT2D eigenvalue weighted by Crippen LogP contribution is -2.39. The van der Waals surface area contributed by atoms with Gasteiger partial charge in [-0.3, -0.25) is 0 Å². The minimum absolute atomic E-state index is 0.403. The summed E-state index contributed by atoms with van der Waals surface area (Å²) < 4.78 is 5.46. The minimum atomic E-state index is -0.653. The zero-order chi connectivity index (χ0) is 14.4. The molecule has 1 aliphatic rings. The molecule has 0 saturated heterocycles. The van der Waals surface area contributed by atoms with E-state index in [1.54, 1.807) is 0 Å². The Hall–Kier alpha value is -1.56. The number of nitrogens with two attached hydrogens (primary N) is 1. The van der Waals surface area contributed by atoms with Crippen LogP contribution >= 0.6 is 0 Å². The van der Waals surface area contributed by atoms with Crippen molar-refractivity contribution in [1.82, 2.24) is 9.97 Å². The van der Waals surface area contributed by atoms with Gasteiger partial charge in [0.1, 0.15) is 12.0 Å². The topological polar surface area (TPSA) is 93.3 Å². The van der Waals surface area contributed by atoms with Crippen molar-refractivity contribution in [2.75, 3.05) is 24.2 Å². The van der Waals surface area contributed by atoms with Gasteiger partial charge >= 0.3 is 0 Å². The molecule has 0 bridgehead atoms. The lowest BCUT2D eigenvalue weighted by Gasteiger charge is -2.32. The zero-order valence-electron chi connectivity index (χ0n) is 12.1. The van der Waals surface area contributed by atoms with E-state index in [9.17, 15) is 5.11 Å². The van der Waals surface area contributed by atoms with Crippen LogP contribution in [0.3, 0.4) is 0 Å². The molecular formula is C14H24N4O2. The summed E-state index contributed by atoms with van der Waals surface area (Å²) in [4.78, 5) is 8.15. The minimum Gasteiger partial charge on any atom is -0.476 e. The molecule has 6 heteroatoms. The van der Waals surface area contributed by atoms with E-state index in [2.05, 4.69) is 15.3 Å². The van der Waals surface area contributed by atoms with Crippen LogP contribution in [0.25, 0.3) is 0 Å². The molecule has 1 aromatic heterocycles. The lowest BCUT2D eigenvalue weighted by molar-refractivity contribution is 0.0166. The van der Waals surface area contributed by atoms with Crippen LogP contribution in [0.2, 0.25) is 0 Å². The molecule has 0 spiro atoms. The Morgan fingerprint density at radius 1 is 1.35 bits per heavy atom. The number of nitrogens with one attached hydrogen (secondary N) is 1. The Morgan fingerprint density at radius 2 is 2.10 bits per heavy atom. The van der Waals surface area contributed by atoms with E-state index in [1.807, 2.05) is 6.92 Å². The van der Waals surface area contributed by atoms with Gasteiger partial charge in [0.05, 0.1) is 12.2 Å². The predicted octanol–water partition coefficient (Wildman–Crippen LogP) is 1.95. The Morgan fingerprint density at radius 3 is 2.80 bits per heavy atom. The number of hydrogen-bond donors (Lipinski definition) is 3. The van der Waals surface area contributed by atoms with Gasteiger partial charge in [-0.25, -0.2) is 4.98 Å². The van der Waals surface area contributed by atoms with Crippen LogP contribution in [0.5, 0.6) is 5.88 Å². The highest BCUT2D eigenvalue weighted by Gasteiger charge is 2.29. The van der Waals surface area contributed by atoms with E-state index in [0.29, 0.717) is 30.5 Å². The van der Waals surface area contributed by atoms with Gasteiger partial charge in [0.2, 0.25) is 5.88 Å². The van der Waals surface area contributed by atoms with E-state index < -0.39 is 5.60 Å². The average molecular weight is 280 g/mol. The van der Waals surface area contributed by atoms with Crippen molar-refractivity contribution in [2.45, 2.75) is 51.0 Å². The number of ether oxygens (including phenoxy) is 1. The van der Waals surface area contributed by atoms with Gasteiger partial charge in [0.25, 0.3) is 0 Å². The first-order valence-corrected chi connectivity index (χ1v) is 7.34. The Labute approximate surface area is 119 Å². The SMILES string of the molecule is CCCOc1ncnc(NCC2(O)CCCCC2)c1N. The van der Waals surface area contributed by atoms with Crippen molar-refractivity contribution in [3.63, 3.8) is 0 Å². The van der Waals surface area contributed by atoms with Crippen LogP contribution in [-0.2, 0) is 0 Å². The number of rotatable bonds is 6. The molecule has 6 nitrogen and oxygen atoms in total. The number of hydrogen-bond acceptors (Lipinski definition) is 6. The summed E-state index contributed by atoms with van der Waals surface area (Å²) in [7, 11) is 0. The van der Waals surface area contributed by atoms with Gasteiger partial charge < -0.3 is 20.9 Å². The monoisotopic (exact) mass is 280 g/mol. The third-order valence-electron chi connectivity index (χ3n) is 3.66. The second-order valence-corrected chi connectivity index (χ2v) is 5.43. The van der Waals surface area contributed by atoms with Crippen molar-refractivity contribution in [1.29, 1.82) is 0 Å². The van der Waals surface area contributed by atoms with Crippen LogP contribution in [0.4, 0.5) is 11.5 Å². The Kier molecular flexibility index (Phi) is 5.00. The maximum atomic E-state index is 10.5. The third-order valence-corrected chi connectivity index (χ3v) is 3.66. The smallest absolute Gasteiger partial charge is 0.242 e. The molecule has 0 amide bonds. The lowest BCUT2D eigenvalue weighted by atomic mass is 9.85. The van der Waals surface area contributed by atoms with E-state index in [4.69, 9.17) is 10.5 Å². The molecule has 1 fully saturated rings. The van der Waals surface area contributed by atoms with Crippen molar-refractivity contribution < 1.29 is 9.84 Å². The van der Waals surface area contributed by atoms with Crippen molar-refractivity contribution in [3.8, 4) is 5.88 Å². The van der Waals surface area contributed by atoms with Crippen LogP contribution in [0, 0.1) is 0 Å². The normalized spacial score (nSPS) is 17.7. The molecule has 0 atom stereocenters. The van der Waals surface area contributed by atoms with Crippen LogP contribution < -0.4 is 15.8 Å². The largest absolute Gasteiger partial charge is 0.476 e. The van der Waals surface area contributed by atoms with Gasteiger partial charge in [-0.05, 0) is 19.3 Å². The molecule has 1 aliphatic carbocycles. The summed E-state index contributed by atoms with van der Waals surface area (Å²) in [6.45, 7) is 3.06. The van der Waals surface area contributed by atoms with Gasteiger partial charge in [-0.1, -0.05) is 26.2 Å². The summed E-state index contributed by atoms with van der Waals surface area (Å²) in [5.74, 6) is 0.935. The molecule has 112 valence electrons. The Bertz CT molecular complexity index is 433. The first-order chi connectivity index (χ1) is 9.64. The average Bonchev–Trinajstić information content (AvgIpc) is 2.46. The number of nitrogens with zero attached hydrogens (tertiary/aromatic N) is 2. The molecular weight excluding hydrogens is 256 g/mol. The fourth-order valence-electron chi connectivity index (χ4n) is 2.47. The van der Waals surface area contributed by atoms with Crippen molar-refractivity contribution in [3.05, 3.63) is 6.33 Å². The van der Waals surface area contributed by atoms with Crippen molar-refractivity contribution in [2.24, 2.45) is 0 Å². The quantitative estimate of drug-likeness (QED) is 0.737. The third kappa shape index (κ3) is 3.72. The summed E-state index contributed by atoms with van der Waals surface area (Å²) in [6.07, 6.45) is 7.31. The molecule has 0 unspecified atom stereocenters. The number of aromatic nitrogens is 2. The zero-order valence-corrected chi connectivity index (χ0v) is 12.1. The van der Waals surface area contributed by atoms with Gasteiger partial charge in [-0.15, -0.1) is 0 Å². The second-order valence-electron chi connectivity index (χ2n) is 5.43. The van der Waals surface area contributed by atoms with Crippen LogP contribution in [0.1, 0.15) is 45.4 Å². The van der Waals surface area contributed by atoms with Gasteiger partial charge in [0.15, 0.2) is 5.82 Å². The highest BCUT2D eigenvalue weighted by Crippen LogP contribution is 2.30. The first-order valence-electron chi connectivity index (χ1n) is 7.34. The maximum absolute atomic E-state index is 10.5. The van der Waals surface area contributed by atoms with E-state index in [0.717, 1.165) is 32.1 Å². The second kappa shape index (κ2) is 6.74. The summed E-state index contributed by atoms with van der Waals surface area (Å²) in [5, 5.41) is 13.6. The molecule has 0 aliphatic heterocycles. The van der Waals surface area contributed by atoms with Crippen molar-refractivity contribution >= 4 is 11.5 Å². The summed E-state index contributed by atoms with van der Waals surface area (Å²) >= 11 is 0. The fourth-order valence-corrected chi connectivity index (χ4v) is 2.47. The molecule has 4 N–H and O–H groups in total. The summed E-state index contributed by atoms with van der Waals surface area (Å²) in [5.41, 5.74) is 5.74. The summed E-state index contributed by atoms with van der Waals surface area (Å²) in [6, 6.07) is 0. The molecule has 0 radical (unpaired) electrons.